The predicted molar refractivity (Wildman–Crippen MR) is 166 cm³/mol. The molecule has 0 unspecified atom stereocenters. The van der Waals surface area contributed by atoms with Crippen molar-refractivity contribution in [2.45, 2.75) is 0 Å². The molecule has 0 spiro atoms. The summed E-state index contributed by atoms with van der Waals surface area (Å²) in [4.78, 5) is 0. The van der Waals surface area contributed by atoms with Crippen molar-refractivity contribution in [2.24, 2.45) is 0 Å². The minimum absolute atomic E-state index is 0.903. The van der Waals surface area contributed by atoms with Crippen LogP contribution >= 0.6 is 11.3 Å². The lowest BCUT2D eigenvalue weighted by Crippen LogP contribution is -1.93. The highest BCUT2D eigenvalue weighted by Crippen LogP contribution is 2.41. The van der Waals surface area contributed by atoms with E-state index in [2.05, 4.69) is 132 Å². The highest BCUT2D eigenvalue weighted by Gasteiger charge is 2.16. The Hall–Kier alpha value is -4.86. The summed E-state index contributed by atoms with van der Waals surface area (Å²) < 4.78 is 11.6. The van der Waals surface area contributed by atoms with Gasteiger partial charge in [0.15, 0.2) is 0 Å². The van der Waals surface area contributed by atoms with Crippen LogP contribution in [0.1, 0.15) is 0 Å². The number of rotatable bonds is 2. The molecule has 0 saturated carbocycles. The normalized spacial score (nSPS) is 12.1. The summed E-state index contributed by atoms with van der Waals surface area (Å²) in [5.41, 5.74) is 7.65. The van der Waals surface area contributed by atoms with Crippen molar-refractivity contribution in [3.05, 3.63) is 127 Å². The second-order valence-corrected chi connectivity index (χ2v) is 11.2. The molecular weight excluding hydrogens is 494 g/mol. The number of thiophene rings is 1. The molecule has 182 valence electrons. The molecule has 0 amide bonds. The molecule has 0 N–H and O–H groups in total. The average molecular weight is 516 g/mol. The largest absolute Gasteiger partial charge is 0.455 e. The van der Waals surface area contributed by atoms with Crippen LogP contribution in [-0.2, 0) is 0 Å². The second kappa shape index (κ2) is 7.83. The lowest BCUT2D eigenvalue weighted by atomic mass is 10.0. The third-order valence-corrected chi connectivity index (χ3v) is 9.14. The Morgan fingerprint density at radius 1 is 0.487 bits per heavy atom. The molecule has 3 heterocycles. The van der Waals surface area contributed by atoms with Crippen LogP contribution in [0.3, 0.4) is 0 Å². The van der Waals surface area contributed by atoms with E-state index in [0.717, 1.165) is 33.2 Å². The minimum Gasteiger partial charge on any atom is -0.455 e. The number of nitrogens with zero attached hydrogens (tertiary/aromatic N) is 1. The Morgan fingerprint density at radius 3 is 1.97 bits per heavy atom. The van der Waals surface area contributed by atoms with Crippen molar-refractivity contribution >= 4 is 75.3 Å². The fourth-order valence-electron chi connectivity index (χ4n) is 6.25. The van der Waals surface area contributed by atoms with Crippen LogP contribution in [0, 0.1) is 0 Å². The van der Waals surface area contributed by atoms with Crippen molar-refractivity contribution in [2.75, 3.05) is 0 Å². The third-order valence-electron chi connectivity index (χ3n) is 8.01. The second-order valence-electron chi connectivity index (χ2n) is 10.1. The van der Waals surface area contributed by atoms with Gasteiger partial charge in [0.05, 0.1) is 11.0 Å². The lowest BCUT2D eigenvalue weighted by Gasteiger charge is -2.07. The number of hydrogen-bond donors (Lipinski definition) is 0. The first-order valence-electron chi connectivity index (χ1n) is 13.2. The fourth-order valence-corrected chi connectivity index (χ4v) is 7.39. The maximum Gasteiger partial charge on any atom is 0.143 e. The maximum absolute atomic E-state index is 6.66. The molecule has 3 aromatic heterocycles. The number of benzene rings is 6. The Labute approximate surface area is 227 Å². The summed E-state index contributed by atoms with van der Waals surface area (Å²) in [6, 6.07) is 45.8. The first kappa shape index (κ1) is 21.1. The Morgan fingerprint density at radius 2 is 1.15 bits per heavy atom. The van der Waals surface area contributed by atoms with Gasteiger partial charge < -0.3 is 8.98 Å². The molecule has 3 heteroatoms. The zero-order chi connectivity index (χ0) is 25.5. The van der Waals surface area contributed by atoms with E-state index in [1.807, 2.05) is 11.3 Å². The van der Waals surface area contributed by atoms with Gasteiger partial charge in [0, 0.05) is 59.0 Å². The van der Waals surface area contributed by atoms with E-state index in [9.17, 15) is 0 Å². The molecule has 0 aliphatic carbocycles. The van der Waals surface area contributed by atoms with E-state index in [1.54, 1.807) is 0 Å². The van der Waals surface area contributed by atoms with Gasteiger partial charge in [-0.1, -0.05) is 84.9 Å². The van der Waals surface area contributed by atoms with E-state index in [0.29, 0.717) is 0 Å². The molecule has 0 aliphatic heterocycles. The zero-order valence-electron chi connectivity index (χ0n) is 20.9. The van der Waals surface area contributed by atoms with E-state index in [1.165, 1.54) is 47.5 Å². The molecule has 0 saturated heterocycles. The van der Waals surface area contributed by atoms with Crippen LogP contribution < -0.4 is 0 Å². The van der Waals surface area contributed by atoms with Gasteiger partial charge in [-0.25, -0.2) is 0 Å². The molecule has 9 rings (SSSR count). The SMILES string of the molecule is c1ccc2c(c1)sc1cc(-c3cccc4c3oc3cc(-n5c6ccccc6c6ccccc65)ccc34)ccc12. The summed E-state index contributed by atoms with van der Waals surface area (Å²) >= 11 is 1.85. The first-order valence-corrected chi connectivity index (χ1v) is 14.0. The van der Waals surface area contributed by atoms with Crippen molar-refractivity contribution < 1.29 is 4.42 Å². The fraction of sp³-hybridized carbons (Fsp3) is 0. The van der Waals surface area contributed by atoms with Crippen LogP contribution in [-0.4, -0.2) is 4.57 Å². The van der Waals surface area contributed by atoms with Gasteiger partial charge in [0.25, 0.3) is 0 Å². The Kier molecular flexibility index (Phi) is 4.24. The van der Waals surface area contributed by atoms with Gasteiger partial charge in [-0.3, -0.25) is 0 Å². The summed E-state index contributed by atoms with van der Waals surface area (Å²) in [6.45, 7) is 0. The van der Waals surface area contributed by atoms with Gasteiger partial charge in [-0.15, -0.1) is 11.3 Å². The van der Waals surface area contributed by atoms with Gasteiger partial charge in [0.1, 0.15) is 11.2 Å². The predicted octanol–water partition coefficient (Wildman–Crippen LogP) is 10.7. The zero-order valence-corrected chi connectivity index (χ0v) is 21.7. The molecule has 39 heavy (non-hydrogen) atoms. The lowest BCUT2D eigenvalue weighted by molar-refractivity contribution is 0.669. The van der Waals surface area contributed by atoms with Crippen LogP contribution in [0.2, 0.25) is 0 Å². The molecule has 0 bridgehead atoms. The van der Waals surface area contributed by atoms with Crippen molar-refractivity contribution in [3.63, 3.8) is 0 Å². The van der Waals surface area contributed by atoms with Gasteiger partial charge >= 0.3 is 0 Å². The molecule has 9 aromatic rings. The minimum atomic E-state index is 0.903. The maximum atomic E-state index is 6.66. The van der Waals surface area contributed by atoms with Crippen molar-refractivity contribution in [3.8, 4) is 16.8 Å². The van der Waals surface area contributed by atoms with Gasteiger partial charge in [-0.05, 0) is 42.0 Å². The number of furan rings is 1. The third kappa shape index (κ3) is 2.96. The van der Waals surface area contributed by atoms with Gasteiger partial charge in [0.2, 0.25) is 0 Å². The number of para-hydroxylation sites is 3. The molecule has 0 fully saturated rings. The van der Waals surface area contributed by atoms with E-state index in [-0.39, 0.29) is 0 Å². The van der Waals surface area contributed by atoms with Crippen LogP contribution in [0.4, 0.5) is 0 Å². The highest BCUT2D eigenvalue weighted by molar-refractivity contribution is 7.25. The monoisotopic (exact) mass is 515 g/mol. The van der Waals surface area contributed by atoms with Crippen LogP contribution in [0.15, 0.2) is 132 Å². The van der Waals surface area contributed by atoms with Crippen LogP contribution in [0.25, 0.3) is 80.7 Å². The van der Waals surface area contributed by atoms with Crippen molar-refractivity contribution in [1.82, 2.24) is 4.57 Å². The quantitative estimate of drug-likeness (QED) is 0.224. The molecule has 0 radical (unpaired) electrons. The number of fused-ring (bicyclic) bond motifs is 9. The first-order chi connectivity index (χ1) is 19.3. The Bertz CT molecular complexity index is 2350. The van der Waals surface area contributed by atoms with Crippen LogP contribution in [0.5, 0.6) is 0 Å². The van der Waals surface area contributed by atoms with E-state index in [4.69, 9.17) is 4.42 Å². The van der Waals surface area contributed by atoms with E-state index >= 15 is 0 Å². The highest BCUT2D eigenvalue weighted by atomic mass is 32.1. The van der Waals surface area contributed by atoms with E-state index < -0.39 is 0 Å². The molecule has 2 nitrogen and oxygen atoms in total. The molecular formula is C36H21NOS. The topological polar surface area (TPSA) is 18.1 Å². The summed E-state index contributed by atoms with van der Waals surface area (Å²) in [5.74, 6) is 0. The molecule has 0 atom stereocenters. The summed E-state index contributed by atoms with van der Waals surface area (Å²) in [5, 5.41) is 7.44. The van der Waals surface area contributed by atoms with Crippen molar-refractivity contribution in [1.29, 1.82) is 0 Å². The summed E-state index contributed by atoms with van der Waals surface area (Å²) in [7, 11) is 0. The smallest absolute Gasteiger partial charge is 0.143 e. The number of aromatic nitrogens is 1. The summed E-state index contributed by atoms with van der Waals surface area (Å²) in [6.07, 6.45) is 0. The number of hydrogen-bond acceptors (Lipinski definition) is 2. The average Bonchev–Trinajstić information content (AvgIpc) is 3.65. The van der Waals surface area contributed by atoms with Gasteiger partial charge in [-0.2, -0.15) is 0 Å². The molecule has 0 aliphatic rings. The standard InChI is InChI=1S/C36H21NOS/c1-4-13-31-25(8-1)26-9-2-5-14-32(26)37(31)23-17-19-27-30-12-7-11-24(36(30)38-33(27)21-23)22-16-18-29-28-10-3-6-15-34(28)39-35(29)20-22/h1-21H. The molecule has 6 aromatic carbocycles. The Balaban J connectivity index is 1.26.